The van der Waals surface area contributed by atoms with Crippen molar-refractivity contribution < 1.29 is 19.4 Å². The number of rotatable bonds is 4. The van der Waals surface area contributed by atoms with Crippen LogP contribution in [0.25, 0.3) is 0 Å². The summed E-state index contributed by atoms with van der Waals surface area (Å²) in [6, 6.07) is 4.21. The van der Waals surface area contributed by atoms with Crippen LogP contribution < -0.4 is 4.74 Å². The summed E-state index contributed by atoms with van der Waals surface area (Å²) in [6.45, 7) is 3.51. The molecule has 0 aromatic heterocycles. The Bertz CT molecular complexity index is 772. The maximum absolute atomic E-state index is 12.7. The Hall–Kier alpha value is -2.01. The first kappa shape index (κ1) is 17.4. The van der Waals surface area contributed by atoms with E-state index in [0.29, 0.717) is 30.6 Å². The maximum atomic E-state index is 12.7. The third-order valence-electron chi connectivity index (χ3n) is 6.44. The molecule has 26 heavy (non-hydrogen) atoms. The summed E-state index contributed by atoms with van der Waals surface area (Å²) in [7, 11) is 3.72. The van der Waals surface area contributed by atoms with Gasteiger partial charge in [-0.1, -0.05) is 13.0 Å². The highest BCUT2D eigenvalue weighted by molar-refractivity contribution is 5.95. The van der Waals surface area contributed by atoms with Crippen molar-refractivity contribution in [3.63, 3.8) is 0 Å². The van der Waals surface area contributed by atoms with Gasteiger partial charge in [-0.2, -0.15) is 0 Å². The minimum absolute atomic E-state index is 0.0882. The normalized spacial score (nSPS) is 30.3. The lowest BCUT2D eigenvalue weighted by Gasteiger charge is -2.56. The minimum Gasteiger partial charge on any atom is -0.504 e. The first-order valence-electron chi connectivity index (χ1n) is 9.50. The number of ether oxygens (including phenoxy) is 2. The van der Waals surface area contributed by atoms with Crippen molar-refractivity contribution in [3.8, 4) is 11.5 Å². The molecular weight excluding hydrogens is 330 g/mol. The molecule has 1 N–H and O–H groups in total. The van der Waals surface area contributed by atoms with Crippen molar-refractivity contribution in [2.45, 2.75) is 44.1 Å². The number of piperidine rings is 1. The number of ketones is 1. The maximum Gasteiger partial charge on any atom is 0.197 e. The van der Waals surface area contributed by atoms with Crippen LogP contribution in [-0.2, 0) is 21.4 Å². The molecule has 3 atom stereocenters. The number of allylic oxidation sites excluding steroid dienone is 2. The van der Waals surface area contributed by atoms with E-state index in [9.17, 15) is 9.90 Å². The van der Waals surface area contributed by atoms with Gasteiger partial charge in [-0.25, -0.2) is 0 Å². The molecule has 2 bridgehead atoms. The molecule has 1 fully saturated rings. The number of hydrogen-bond donors (Lipinski definition) is 1. The van der Waals surface area contributed by atoms with E-state index in [-0.39, 0.29) is 22.9 Å². The predicted molar refractivity (Wildman–Crippen MR) is 98.5 cm³/mol. The molecule has 0 spiro atoms. The second-order valence-electron chi connectivity index (χ2n) is 7.78. The fourth-order valence-corrected chi connectivity index (χ4v) is 5.18. The second-order valence-corrected chi connectivity index (χ2v) is 7.78. The lowest BCUT2D eigenvalue weighted by Crippen LogP contribution is -2.60. The molecule has 1 aromatic carbocycles. The van der Waals surface area contributed by atoms with Crippen LogP contribution in [0.1, 0.15) is 37.3 Å². The quantitative estimate of drug-likeness (QED) is 0.898. The Morgan fingerprint density at radius 2 is 2.15 bits per heavy atom. The van der Waals surface area contributed by atoms with Gasteiger partial charge in [0.05, 0.1) is 13.7 Å². The third kappa shape index (κ3) is 2.37. The zero-order valence-electron chi connectivity index (χ0n) is 15.7. The summed E-state index contributed by atoms with van der Waals surface area (Å²) in [5, 5.41) is 11.0. The molecule has 0 amide bonds. The van der Waals surface area contributed by atoms with E-state index in [0.717, 1.165) is 36.9 Å². The molecule has 4 rings (SSSR count). The molecule has 1 heterocycles. The zero-order chi connectivity index (χ0) is 18.5. The Morgan fingerprint density at radius 1 is 1.35 bits per heavy atom. The Balaban J connectivity index is 1.92. The summed E-state index contributed by atoms with van der Waals surface area (Å²) < 4.78 is 11.2. The number of Topliss-reactive ketones (excluding diaryl/α,β-unsaturated/α-hetero) is 1. The van der Waals surface area contributed by atoms with Gasteiger partial charge in [-0.3, -0.25) is 4.79 Å². The van der Waals surface area contributed by atoms with E-state index in [1.165, 1.54) is 0 Å². The number of hydrogen-bond acceptors (Lipinski definition) is 5. The fraction of sp³-hybridized carbons (Fsp3) is 0.571. The predicted octanol–water partition coefficient (Wildman–Crippen LogP) is 2.80. The lowest BCUT2D eigenvalue weighted by atomic mass is 9.54. The Kier molecular flexibility index (Phi) is 4.22. The van der Waals surface area contributed by atoms with E-state index in [4.69, 9.17) is 9.47 Å². The number of phenolic OH excluding ortho intramolecular Hbond substituents is 1. The van der Waals surface area contributed by atoms with Crippen LogP contribution in [0.4, 0.5) is 0 Å². The van der Waals surface area contributed by atoms with Crippen LogP contribution in [0.3, 0.4) is 0 Å². The van der Waals surface area contributed by atoms with Gasteiger partial charge in [-0.05, 0) is 56.5 Å². The van der Waals surface area contributed by atoms with Crippen molar-refractivity contribution in [1.29, 1.82) is 0 Å². The topological polar surface area (TPSA) is 59.0 Å². The zero-order valence-corrected chi connectivity index (χ0v) is 15.7. The third-order valence-corrected chi connectivity index (χ3v) is 6.44. The summed E-state index contributed by atoms with van der Waals surface area (Å²) in [5.74, 6) is 1.44. The molecule has 3 aliphatic rings. The van der Waals surface area contributed by atoms with Crippen LogP contribution in [0.5, 0.6) is 11.5 Å². The number of benzene rings is 1. The summed E-state index contributed by atoms with van der Waals surface area (Å²) in [5.41, 5.74) is 1.73. The fourth-order valence-electron chi connectivity index (χ4n) is 5.18. The first-order chi connectivity index (χ1) is 12.5. The molecule has 0 unspecified atom stereocenters. The van der Waals surface area contributed by atoms with Gasteiger partial charge in [0.2, 0.25) is 0 Å². The number of aromatic hydroxyl groups is 1. The van der Waals surface area contributed by atoms with Gasteiger partial charge >= 0.3 is 0 Å². The number of likely N-dealkylation sites (tertiary alicyclic amines) is 1. The second kappa shape index (κ2) is 6.31. The molecule has 1 aromatic rings. The SMILES string of the molecule is CCCOC1=C[C@@]23CCN(C)[C@@H](Cc4ccc(OC)c(O)c42)[C@H]3CC1=O. The van der Waals surface area contributed by atoms with Crippen molar-refractivity contribution in [2.75, 3.05) is 27.3 Å². The number of carbonyl (C=O) groups is 1. The van der Waals surface area contributed by atoms with E-state index < -0.39 is 0 Å². The van der Waals surface area contributed by atoms with Gasteiger partial charge < -0.3 is 19.5 Å². The summed E-state index contributed by atoms with van der Waals surface area (Å²) in [4.78, 5) is 15.1. The van der Waals surface area contributed by atoms with E-state index in [1.807, 2.05) is 19.1 Å². The molecule has 1 aliphatic heterocycles. The van der Waals surface area contributed by atoms with Gasteiger partial charge in [0.15, 0.2) is 23.0 Å². The first-order valence-corrected chi connectivity index (χ1v) is 9.50. The summed E-state index contributed by atoms with van der Waals surface area (Å²) >= 11 is 0. The largest absolute Gasteiger partial charge is 0.504 e. The monoisotopic (exact) mass is 357 g/mol. The Labute approximate surface area is 154 Å². The molecule has 1 saturated heterocycles. The van der Waals surface area contributed by atoms with Crippen LogP contribution in [0, 0.1) is 5.92 Å². The van der Waals surface area contributed by atoms with Gasteiger partial charge in [0, 0.05) is 23.4 Å². The van der Waals surface area contributed by atoms with Gasteiger partial charge in [-0.15, -0.1) is 0 Å². The minimum atomic E-state index is -0.361. The van der Waals surface area contributed by atoms with Crippen LogP contribution in [-0.4, -0.2) is 49.1 Å². The molecule has 0 radical (unpaired) electrons. The number of phenols is 1. The van der Waals surface area contributed by atoms with Gasteiger partial charge in [0.1, 0.15) is 0 Å². The van der Waals surface area contributed by atoms with Crippen molar-refractivity contribution in [1.82, 2.24) is 4.90 Å². The number of carbonyl (C=O) groups excluding carboxylic acids is 1. The smallest absolute Gasteiger partial charge is 0.197 e. The highest BCUT2D eigenvalue weighted by Gasteiger charge is 2.56. The van der Waals surface area contributed by atoms with Crippen LogP contribution >= 0.6 is 0 Å². The van der Waals surface area contributed by atoms with Crippen LogP contribution in [0.2, 0.25) is 0 Å². The van der Waals surface area contributed by atoms with Crippen molar-refractivity contribution in [2.24, 2.45) is 5.92 Å². The molecular formula is C21H27NO4. The van der Waals surface area contributed by atoms with E-state index in [2.05, 4.69) is 18.0 Å². The van der Waals surface area contributed by atoms with E-state index >= 15 is 0 Å². The lowest BCUT2D eigenvalue weighted by molar-refractivity contribution is -0.123. The van der Waals surface area contributed by atoms with Gasteiger partial charge in [0.25, 0.3) is 0 Å². The van der Waals surface area contributed by atoms with Crippen LogP contribution in [0.15, 0.2) is 24.0 Å². The highest BCUT2D eigenvalue weighted by Crippen LogP contribution is 2.57. The van der Waals surface area contributed by atoms with Crippen molar-refractivity contribution in [3.05, 3.63) is 35.1 Å². The molecule has 5 nitrogen and oxygen atoms in total. The van der Waals surface area contributed by atoms with E-state index in [1.54, 1.807) is 7.11 Å². The highest BCUT2D eigenvalue weighted by atomic mass is 16.5. The average Bonchev–Trinajstić information content (AvgIpc) is 2.63. The number of methoxy groups -OCH3 is 1. The van der Waals surface area contributed by atoms with Crippen molar-refractivity contribution >= 4 is 5.78 Å². The molecule has 0 saturated carbocycles. The number of nitrogens with zero attached hydrogens (tertiary/aromatic N) is 1. The molecule has 2 aliphatic carbocycles. The average molecular weight is 357 g/mol. The Morgan fingerprint density at radius 3 is 2.88 bits per heavy atom. The summed E-state index contributed by atoms with van der Waals surface area (Å²) in [6.07, 6.45) is 5.08. The standard InChI is InChI=1S/C21H27NO4/c1-4-9-26-18-12-21-7-8-22(2)15(14(21)11-16(18)23)10-13-5-6-17(25-3)20(24)19(13)21/h5-6,12,14-15,24H,4,7-11H2,1-3H3/t14-,15+,21-/m1/s1. The molecule has 140 valence electrons. The number of likely N-dealkylation sites (N-methyl/N-ethyl adjacent to an activating group) is 1. The molecule has 5 heteroatoms. The number of fused-ring (bicyclic) bond motifs is 1.